The van der Waals surface area contributed by atoms with Crippen molar-refractivity contribution in [3.8, 4) is 6.07 Å². The molecule has 0 aliphatic heterocycles. The molecule has 0 radical (unpaired) electrons. The first kappa shape index (κ1) is 22.6. The van der Waals surface area contributed by atoms with Crippen LogP contribution in [0, 0.1) is 18.3 Å². The van der Waals surface area contributed by atoms with Gasteiger partial charge in [-0.15, -0.1) is 0 Å². The van der Waals surface area contributed by atoms with Gasteiger partial charge in [0.2, 0.25) is 0 Å². The minimum Gasteiger partial charge on any atom is -0.355 e. The summed E-state index contributed by atoms with van der Waals surface area (Å²) in [5.41, 5.74) is 6.77. The van der Waals surface area contributed by atoms with E-state index in [9.17, 15) is 10.1 Å². The molecule has 3 aromatic carbocycles. The van der Waals surface area contributed by atoms with E-state index >= 15 is 0 Å². The van der Waals surface area contributed by atoms with Gasteiger partial charge >= 0.3 is 0 Å². The normalized spacial score (nSPS) is 10.4. The average molecular weight is 471 g/mol. The van der Waals surface area contributed by atoms with Crippen LogP contribution < -0.4 is 16.0 Å². The van der Waals surface area contributed by atoms with Crippen molar-refractivity contribution < 1.29 is 4.79 Å². The van der Waals surface area contributed by atoms with E-state index in [1.807, 2.05) is 73.7 Å². The molecule has 0 spiro atoms. The van der Waals surface area contributed by atoms with Gasteiger partial charge in [-0.3, -0.25) is 14.8 Å². The first-order chi connectivity index (χ1) is 17.6. The Balaban J connectivity index is 1.37. The van der Waals surface area contributed by atoms with E-state index in [0.717, 1.165) is 39.2 Å². The molecule has 7 nitrogen and oxygen atoms in total. The van der Waals surface area contributed by atoms with E-state index in [1.54, 1.807) is 30.7 Å². The summed E-state index contributed by atoms with van der Waals surface area (Å²) in [6, 6.07) is 26.3. The fraction of sp³-hybridized carbons (Fsp3) is 0.0345. The number of carbonyl (C=O) groups is 1. The van der Waals surface area contributed by atoms with Crippen LogP contribution in [0.4, 0.5) is 28.4 Å². The Morgan fingerprint density at radius 1 is 0.806 bits per heavy atom. The highest BCUT2D eigenvalue weighted by Crippen LogP contribution is 2.28. The number of hydrogen-bond donors (Lipinski definition) is 3. The molecular formula is C29H22N6O. The zero-order valence-electron chi connectivity index (χ0n) is 19.5. The quantitative estimate of drug-likeness (QED) is 0.260. The van der Waals surface area contributed by atoms with E-state index in [1.165, 1.54) is 0 Å². The Morgan fingerprint density at radius 3 is 2.44 bits per heavy atom. The van der Waals surface area contributed by atoms with Crippen molar-refractivity contribution in [1.29, 1.82) is 5.26 Å². The first-order valence-corrected chi connectivity index (χ1v) is 11.3. The molecular weight excluding hydrogens is 448 g/mol. The second kappa shape index (κ2) is 9.95. The number of fused-ring (bicyclic) bond motifs is 1. The fourth-order valence-corrected chi connectivity index (χ4v) is 3.90. The molecule has 0 unspecified atom stereocenters. The number of rotatable bonds is 6. The summed E-state index contributed by atoms with van der Waals surface area (Å²) in [7, 11) is 0. The zero-order chi connectivity index (χ0) is 24.9. The van der Waals surface area contributed by atoms with Crippen molar-refractivity contribution in [3.63, 3.8) is 0 Å². The molecule has 1 amide bonds. The predicted octanol–water partition coefficient (Wildman–Crippen LogP) is 6.55. The molecule has 5 aromatic rings. The van der Waals surface area contributed by atoms with Gasteiger partial charge in [0.1, 0.15) is 0 Å². The molecule has 0 saturated carbocycles. The predicted molar refractivity (Wildman–Crippen MR) is 143 cm³/mol. The third kappa shape index (κ3) is 4.98. The maximum atomic E-state index is 13.2. The lowest BCUT2D eigenvalue weighted by atomic mass is 10.1. The third-order valence-corrected chi connectivity index (χ3v) is 5.72. The monoisotopic (exact) mass is 470 g/mol. The second-order valence-corrected chi connectivity index (χ2v) is 8.25. The maximum Gasteiger partial charge on any atom is 0.256 e. The van der Waals surface area contributed by atoms with Crippen LogP contribution in [0.3, 0.4) is 0 Å². The molecule has 174 valence electrons. The van der Waals surface area contributed by atoms with Gasteiger partial charge in [-0.05, 0) is 79.2 Å². The molecule has 36 heavy (non-hydrogen) atoms. The van der Waals surface area contributed by atoms with Gasteiger partial charge in [0.15, 0.2) is 0 Å². The van der Waals surface area contributed by atoms with Crippen LogP contribution in [0.25, 0.3) is 10.9 Å². The van der Waals surface area contributed by atoms with Crippen LogP contribution in [0.5, 0.6) is 0 Å². The van der Waals surface area contributed by atoms with Crippen LogP contribution >= 0.6 is 0 Å². The van der Waals surface area contributed by atoms with Crippen molar-refractivity contribution >= 4 is 45.2 Å². The Morgan fingerprint density at radius 2 is 1.61 bits per heavy atom. The van der Waals surface area contributed by atoms with E-state index in [0.29, 0.717) is 16.8 Å². The molecule has 0 atom stereocenters. The Hall–Kier alpha value is -5.22. The number of pyridine rings is 2. The Kier molecular flexibility index (Phi) is 6.24. The zero-order valence-corrected chi connectivity index (χ0v) is 19.5. The number of hydrogen-bond acceptors (Lipinski definition) is 6. The second-order valence-electron chi connectivity index (χ2n) is 8.25. The van der Waals surface area contributed by atoms with Crippen LogP contribution in [0.15, 0.2) is 97.5 Å². The van der Waals surface area contributed by atoms with E-state index in [4.69, 9.17) is 0 Å². The van der Waals surface area contributed by atoms with Crippen LogP contribution in [0.2, 0.25) is 0 Å². The van der Waals surface area contributed by atoms with Crippen molar-refractivity contribution in [1.82, 2.24) is 9.97 Å². The van der Waals surface area contributed by atoms with Gasteiger partial charge in [-0.2, -0.15) is 5.26 Å². The highest BCUT2D eigenvalue weighted by atomic mass is 16.1. The Bertz CT molecular complexity index is 1610. The van der Waals surface area contributed by atoms with E-state index < -0.39 is 0 Å². The molecule has 0 aliphatic carbocycles. The van der Waals surface area contributed by atoms with Crippen molar-refractivity contribution in [2.45, 2.75) is 6.92 Å². The number of anilines is 5. The molecule has 0 fully saturated rings. The fourth-order valence-electron chi connectivity index (χ4n) is 3.90. The smallest absolute Gasteiger partial charge is 0.256 e. The Labute approximate surface area is 208 Å². The van der Waals surface area contributed by atoms with E-state index in [2.05, 4.69) is 32.0 Å². The third-order valence-electron chi connectivity index (χ3n) is 5.72. The molecule has 0 bridgehead atoms. The standard InChI is InChI=1S/C29H22N6O/c1-19-5-7-24(34-28-11-14-32-27-8-6-20(18-30)15-26(27)28)17-25(19)29(36)35-23-4-2-3-22(16-23)33-21-9-12-31-13-10-21/h2-17H,1H3,(H,31,33)(H,32,34)(H,35,36). The van der Waals surface area contributed by atoms with Crippen LogP contribution in [0.1, 0.15) is 21.5 Å². The summed E-state index contributed by atoms with van der Waals surface area (Å²) in [5, 5.41) is 19.8. The average Bonchev–Trinajstić information content (AvgIpc) is 2.90. The summed E-state index contributed by atoms with van der Waals surface area (Å²) >= 11 is 0. The summed E-state index contributed by atoms with van der Waals surface area (Å²) < 4.78 is 0. The lowest BCUT2D eigenvalue weighted by molar-refractivity contribution is 0.102. The van der Waals surface area contributed by atoms with Crippen molar-refractivity contribution in [2.75, 3.05) is 16.0 Å². The van der Waals surface area contributed by atoms with Gasteiger partial charge in [0, 0.05) is 58.0 Å². The number of benzene rings is 3. The van der Waals surface area contributed by atoms with Crippen LogP contribution in [-0.4, -0.2) is 15.9 Å². The molecule has 3 N–H and O–H groups in total. The molecule has 0 aliphatic rings. The van der Waals surface area contributed by atoms with Gasteiger partial charge in [-0.1, -0.05) is 12.1 Å². The molecule has 2 heterocycles. The summed E-state index contributed by atoms with van der Waals surface area (Å²) in [6.45, 7) is 1.90. The van der Waals surface area contributed by atoms with Crippen LogP contribution in [-0.2, 0) is 0 Å². The maximum absolute atomic E-state index is 13.2. The topological polar surface area (TPSA) is 103 Å². The SMILES string of the molecule is Cc1ccc(Nc2ccnc3ccc(C#N)cc23)cc1C(=O)Nc1cccc(Nc2ccncc2)c1. The van der Waals surface area contributed by atoms with Gasteiger partial charge in [0.05, 0.1) is 17.1 Å². The lowest BCUT2D eigenvalue weighted by Crippen LogP contribution is -2.13. The lowest BCUT2D eigenvalue weighted by Gasteiger charge is -2.14. The minimum absolute atomic E-state index is 0.205. The molecule has 7 heteroatoms. The van der Waals surface area contributed by atoms with Gasteiger partial charge in [0.25, 0.3) is 5.91 Å². The number of amides is 1. The minimum atomic E-state index is -0.205. The van der Waals surface area contributed by atoms with Crippen molar-refractivity contribution in [2.24, 2.45) is 0 Å². The summed E-state index contributed by atoms with van der Waals surface area (Å²) in [4.78, 5) is 21.6. The number of carbonyl (C=O) groups excluding carboxylic acids is 1. The van der Waals surface area contributed by atoms with Gasteiger partial charge in [-0.25, -0.2) is 0 Å². The number of nitrogens with one attached hydrogen (secondary N) is 3. The number of aryl methyl sites for hydroxylation is 1. The number of aromatic nitrogens is 2. The van der Waals surface area contributed by atoms with Crippen molar-refractivity contribution in [3.05, 3.63) is 114 Å². The largest absolute Gasteiger partial charge is 0.355 e. The van der Waals surface area contributed by atoms with E-state index in [-0.39, 0.29) is 5.91 Å². The summed E-state index contributed by atoms with van der Waals surface area (Å²) in [5.74, 6) is -0.205. The van der Waals surface area contributed by atoms with Gasteiger partial charge < -0.3 is 16.0 Å². The number of nitriles is 1. The molecule has 5 rings (SSSR count). The summed E-state index contributed by atoms with van der Waals surface area (Å²) in [6.07, 6.45) is 5.15. The highest BCUT2D eigenvalue weighted by Gasteiger charge is 2.12. The number of nitrogens with zero attached hydrogens (tertiary/aromatic N) is 3. The highest BCUT2D eigenvalue weighted by molar-refractivity contribution is 6.06. The molecule has 2 aromatic heterocycles. The first-order valence-electron chi connectivity index (χ1n) is 11.3. The molecule has 0 saturated heterocycles.